The van der Waals surface area contributed by atoms with Gasteiger partial charge in [0.15, 0.2) is 0 Å². The minimum atomic E-state index is -4.57. The van der Waals surface area contributed by atoms with Gasteiger partial charge in [0.05, 0.1) is 19.1 Å². The Morgan fingerprint density at radius 2 is 2.05 bits per heavy atom. The summed E-state index contributed by atoms with van der Waals surface area (Å²) in [5, 5.41) is 17.6. The molecule has 1 aliphatic rings. The fourth-order valence-corrected chi connectivity index (χ4v) is 3.10. The monoisotopic (exact) mass is 330 g/mol. The van der Waals surface area contributed by atoms with Gasteiger partial charge in [0.1, 0.15) is 6.54 Å². The standard InChI is InChI=1S/C11H17F3N2O4S/c12-11(13,14)7-15(1-3-17)10(20)16-2-4-21-6-8(16)5-9(18)19/h8,17H,1-7H2,(H,18,19). The van der Waals surface area contributed by atoms with E-state index in [0.717, 1.165) is 4.90 Å². The van der Waals surface area contributed by atoms with Crippen molar-refractivity contribution in [2.75, 3.05) is 37.7 Å². The first-order valence-electron chi connectivity index (χ1n) is 6.27. The molecule has 1 saturated heterocycles. The zero-order valence-electron chi connectivity index (χ0n) is 11.2. The molecule has 1 heterocycles. The molecular formula is C11H17F3N2O4S. The summed E-state index contributed by atoms with van der Waals surface area (Å²) in [6.45, 7) is -2.30. The summed E-state index contributed by atoms with van der Waals surface area (Å²) < 4.78 is 37.4. The van der Waals surface area contributed by atoms with Gasteiger partial charge >= 0.3 is 18.2 Å². The van der Waals surface area contributed by atoms with Crippen LogP contribution < -0.4 is 0 Å². The number of carboxylic acid groups (broad SMARTS) is 1. The summed E-state index contributed by atoms with van der Waals surface area (Å²) in [7, 11) is 0. The minimum absolute atomic E-state index is 0.196. The minimum Gasteiger partial charge on any atom is -0.481 e. The second kappa shape index (κ2) is 7.74. The Morgan fingerprint density at radius 3 is 2.57 bits per heavy atom. The van der Waals surface area contributed by atoms with Crippen LogP contribution in [0.15, 0.2) is 0 Å². The van der Waals surface area contributed by atoms with Crippen LogP contribution >= 0.6 is 11.8 Å². The van der Waals surface area contributed by atoms with Gasteiger partial charge in [-0.1, -0.05) is 0 Å². The number of rotatable bonds is 5. The maximum atomic E-state index is 12.5. The van der Waals surface area contributed by atoms with Gasteiger partial charge in [0.2, 0.25) is 0 Å². The molecule has 0 radical (unpaired) electrons. The largest absolute Gasteiger partial charge is 0.481 e. The quantitative estimate of drug-likeness (QED) is 0.781. The highest BCUT2D eigenvalue weighted by Crippen LogP contribution is 2.23. The smallest absolute Gasteiger partial charge is 0.406 e. The first-order valence-corrected chi connectivity index (χ1v) is 7.42. The van der Waals surface area contributed by atoms with E-state index in [9.17, 15) is 22.8 Å². The van der Waals surface area contributed by atoms with Crippen molar-refractivity contribution in [3.63, 3.8) is 0 Å². The van der Waals surface area contributed by atoms with E-state index in [-0.39, 0.29) is 13.0 Å². The molecule has 122 valence electrons. The van der Waals surface area contributed by atoms with E-state index >= 15 is 0 Å². The number of aliphatic hydroxyl groups excluding tert-OH is 1. The maximum absolute atomic E-state index is 12.5. The van der Waals surface area contributed by atoms with Gasteiger partial charge in [0.25, 0.3) is 0 Å². The van der Waals surface area contributed by atoms with Gasteiger partial charge in [-0.3, -0.25) is 4.79 Å². The van der Waals surface area contributed by atoms with Gasteiger partial charge in [-0.25, -0.2) is 4.79 Å². The number of urea groups is 1. The summed E-state index contributed by atoms with van der Waals surface area (Å²) in [6, 6.07) is -1.52. The molecule has 0 aromatic rings. The van der Waals surface area contributed by atoms with Gasteiger partial charge in [-0.15, -0.1) is 0 Å². The SMILES string of the molecule is O=C(O)CC1CSCCN1C(=O)N(CCO)CC(F)(F)F. The Bertz CT molecular complexity index is 381. The average Bonchev–Trinajstić information content (AvgIpc) is 2.36. The number of thioether (sulfide) groups is 1. The van der Waals surface area contributed by atoms with E-state index < -0.39 is 43.9 Å². The summed E-state index contributed by atoms with van der Waals surface area (Å²) in [6.07, 6.45) is -4.88. The lowest BCUT2D eigenvalue weighted by atomic mass is 10.2. The molecule has 0 aromatic carbocycles. The van der Waals surface area contributed by atoms with Gasteiger partial charge in [-0.05, 0) is 0 Å². The van der Waals surface area contributed by atoms with Crippen molar-refractivity contribution in [2.45, 2.75) is 18.6 Å². The first kappa shape index (κ1) is 17.9. The van der Waals surface area contributed by atoms with Crippen LogP contribution in [0, 0.1) is 0 Å². The van der Waals surface area contributed by atoms with Crippen molar-refractivity contribution in [3.05, 3.63) is 0 Å². The van der Waals surface area contributed by atoms with Gasteiger partial charge < -0.3 is 20.0 Å². The van der Waals surface area contributed by atoms with Crippen LogP contribution in [-0.2, 0) is 4.79 Å². The Kier molecular flexibility index (Phi) is 6.59. The van der Waals surface area contributed by atoms with Gasteiger partial charge in [-0.2, -0.15) is 24.9 Å². The number of nitrogens with zero attached hydrogens (tertiary/aromatic N) is 2. The highest BCUT2D eigenvalue weighted by atomic mass is 32.2. The topological polar surface area (TPSA) is 81.1 Å². The number of hydrogen-bond acceptors (Lipinski definition) is 4. The second-order valence-electron chi connectivity index (χ2n) is 4.56. The average molecular weight is 330 g/mol. The van der Waals surface area contributed by atoms with Crippen molar-refractivity contribution in [2.24, 2.45) is 0 Å². The molecular weight excluding hydrogens is 313 g/mol. The molecule has 0 aromatic heterocycles. The summed E-state index contributed by atoms with van der Waals surface area (Å²) in [5.74, 6) is -0.192. The summed E-state index contributed by atoms with van der Waals surface area (Å²) >= 11 is 1.46. The number of carboxylic acids is 1. The zero-order chi connectivity index (χ0) is 16.0. The number of carbonyl (C=O) groups is 2. The van der Waals surface area contributed by atoms with E-state index in [0.29, 0.717) is 16.4 Å². The molecule has 21 heavy (non-hydrogen) atoms. The van der Waals surface area contributed by atoms with Crippen LogP contribution in [-0.4, -0.2) is 82.0 Å². The molecule has 6 nitrogen and oxygen atoms in total. The van der Waals surface area contributed by atoms with Crippen molar-refractivity contribution >= 4 is 23.8 Å². The van der Waals surface area contributed by atoms with Crippen LogP contribution in [0.2, 0.25) is 0 Å². The van der Waals surface area contributed by atoms with Crippen LogP contribution in [0.4, 0.5) is 18.0 Å². The number of alkyl halides is 3. The third kappa shape index (κ3) is 6.00. The molecule has 0 bridgehead atoms. The van der Waals surface area contributed by atoms with Crippen molar-refractivity contribution in [1.29, 1.82) is 0 Å². The normalized spacial score (nSPS) is 19.4. The molecule has 2 amide bonds. The van der Waals surface area contributed by atoms with Gasteiger partial charge in [0, 0.05) is 24.6 Å². The predicted octanol–water partition coefficient (Wildman–Crippen LogP) is 0.855. The van der Waals surface area contributed by atoms with Crippen LogP contribution in [0.1, 0.15) is 6.42 Å². The Balaban J connectivity index is 2.80. The lowest BCUT2D eigenvalue weighted by Gasteiger charge is -2.38. The van der Waals surface area contributed by atoms with E-state index in [1.807, 2.05) is 0 Å². The Labute approximate surface area is 123 Å². The van der Waals surface area contributed by atoms with E-state index in [2.05, 4.69) is 0 Å². The Hall–Kier alpha value is -1.16. The molecule has 1 aliphatic heterocycles. The predicted molar refractivity (Wildman–Crippen MR) is 70.2 cm³/mol. The molecule has 2 N–H and O–H groups in total. The zero-order valence-corrected chi connectivity index (χ0v) is 12.0. The van der Waals surface area contributed by atoms with Crippen LogP contribution in [0.5, 0.6) is 0 Å². The van der Waals surface area contributed by atoms with Crippen molar-refractivity contribution in [1.82, 2.24) is 9.80 Å². The number of aliphatic hydroxyl groups is 1. The number of amides is 2. The fraction of sp³-hybridized carbons (Fsp3) is 0.818. The van der Waals surface area contributed by atoms with Crippen LogP contribution in [0.25, 0.3) is 0 Å². The molecule has 0 spiro atoms. The third-order valence-electron chi connectivity index (χ3n) is 2.89. The highest BCUT2D eigenvalue weighted by Gasteiger charge is 2.37. The van der Waals surface area contributed by atoms with E-state index in [4.69, 9.17) is 10.2 Å². The molecule has 1 atom stereocenters. The summed E-state index contributed by atoms with van der Waals surface area (Å²) in [5.41, 5.74) is 0. The molecule has 0 aliphatic carbocycles. The number of aliphatic carboxylic acids is 1. The van der Waals surface area contributed by atoms with Crippen molar-refractivity contribution < 1.29 is 33.0 Å². The van der Waals surface area contributed by atoms with E-state index in [1.54, 1.807) is 0 Å². The number of halogens is 3. The van der Waals surface area contributed by atoms with E-state index in [1.165, 1.54) is 11.8 Å². The lowest BCUT2D eigenvalue weighted by Crippen LogP contribution is -2.54. The van der Waals surface area contributed by atoms with Crippen LogP contribution in [0.3, 0.4) is 0 Å². The fourth-order valence-electron chi connectivity index (χ4n) is 2.04. The van der Waals surface area contributed by atoms with Crippen molar-refractivity contribution in [3.8, 4) is 0 Å². The molecule has 1 unspecified atom stereocenters. The molecule has 1 fully saturated rings. The highest BCUT2D eigenvalue weighted by molar-refractivity contribution is 7.99. The number of carbonyl (C=O) groups excluding carboxylic acids is 1. The summed E-state index contributed by atoms with van der Waals surface area (Å²) in [4.78, 5) is 24.6. The maximum Gasteiger partial charge on any atom is 0.406 e. The molecule has 1 rings (SSSR count). The Morgan fingerprint density at radius 1 is 1.38 bits per heavy atom. The number of hydrogen-bond donors (Lipinski definition) is 2. The third-order valence-corrected chi connectivity index (χ3v) is 3.99. The second-order valence-corrected chi connectivity index (χ2v) is 5.71. The first-order chi connectivity index (χ1) is 9.74. The molecule has 0 saturated carbocycles. The lowest BCUT2D eigenvalue weighted by molar-refractivity contribution is -0.143. The molecule has 10 heteroatoms.